The highest BCUT2D eigenvalue weighted by molar-refractivity contribution is 5.02. The van der Waals surface area contributed by atoms with Crippen molar-refractivity contribution < 1.29 is 0 Å². The lowest BCUT2D eigenvalue weighted by atomic mass is 9.91. The average Bonchev–Trinajstić information content (AvgIpc) is 2.54. The van der Waals surface area contributed by atoms with Crippen molar-refractivity contribution in [2.24, 2.45) is 17.6 Å². The van der Waals surface area contributed by atoms with E-state index in [0.29, 0.717) is 17.9 Å². The van der Waals surface area contributed by atoms with Gasteiger partial charge in [-0.3, -0.25) is 4.90 Å². The zero-order valence-corrected chi connectivity index (χ0v) is 13.2. The largest absolute Gasteiger partial charge is 0.329 e. The Morgan fingerprint density at radius 2 is 1.72 bits per heavy atom. The molecular weight excluding hydrogens is 222 g/mol. The molecule has 18 heavy (non-hydrogen) atoms. The van der Waals surface area contributed by atoms with E-state index in [0.717, 1.165) is 26.2 Å². The van der Waals surface area contributed by atoms with Crippen LogP contribution in [0, 0.1) is 11.8 Å². The predicted molar refractivity (Wildman–Crippen MR) is 79.7 cm³/mol. The molecule has 0 radical (unpaired) electrons. The smallest absolute Gasteiger partial charge is 0.0473 e. The van der Waals surface area contributed by atoms with Crippen LogP contribution in [0.1, 0.15) is 41.0 Å². The molecule has 1 rings (SSSR count). The molecule has 0 aliphatic carbocycles. The third-order valence-corrected chi connectivity index (χ3v) is 4.19. The van der Waals surface area contributed by atoms with Crippen molar-refractivity contribution in [2.75, 3.05) is 33.2 Å². The maximum Gasteiger partial charge on any atom is 0.0473 e. The Labute approximate surface area is 114 Å². The number of nitrogens with zero attached hydrogens (tertiary/aromatic N) is 2. The summed E-state index contributed by atoms with van der Waals surface area (Å²) in [6, 6.07) is 0.648. The lowest BCUT2D eigenvalue weighted by molar-refractivity contribution is 0.0750. The monoisotopic (exact) mass is 255 g/mol. The average molecular weight is 255 g/mol. The van der Waals surface area contributed by atoms with Gasteiger partial charge >= 0.3 is 0 Å². The van der Waals surface area contributed by atoms with Crippen molar-refractivity contribution in [3.05, 3.63) is 0 Å². The molecule has 1 aliphatic rings. The van der Waals surface area contributed by atoms with Gasteiger partial charge < -0.3 is 10.6 Å². The fourth-order valence-electron chi connectivity index (χ4n) is 3.24. The van der Waals surface area contributed by atoms with E-state index < -0.39 is 0 Å². The summed E-state index contributed by atoms with van der Waals surface area (Å²) < 4.78 is 0. The van der Waals surface area contributed by atoms with Gasteiger partial charge in [-0.25, -0.2) is 0 Å². The predicted octanol–water partition coefficient (Wildman–Crippen LogP) is 2.02. The summed E-state index contributed by atoms with van der Waals surface area (Å²) in [7, 11) is 2.23. The van der Waals surface area contributed by atoms with Crippen LogP contribution in [-0.2, 0) is 0 Å². The summed E-state index contributed by atoms with van der Waals surface area (Å²) in [5, 5.41) is 0. The number of likely N-dealkylation sites (tertiary alicyclic amines) is 1. The van der Waals surface area contributed by atoms with Crippen molar-refractivity contribution in [3.63, 3.8) is 0 Å². The molecule has 2 N–H and O–H groups in total. The Balaban J connectivity index is 2.86. The lowest BCUT2D eigenvalue weighted by Gasteiger charge is -2.42. The summed E-state index contributed by atoms with van der Waals surface area (Å²) in [4.78, 5) is 5.13. The molecule has 3 nitrogen and oxygen atoms in total. The van der Waals surface area contributed by atoms with Gasteiger partial charge in [-0.05, 0) is 32.2 Å². The van der Waals surface area contributed by atoms with E-state index >= 15 is 0 Å². The Bertz CT molecular complexity index is 230. The molecule has 0 saturated carbocycles. The SMILES string of the molecule is CC(C)CN(CC(C)C)C1(CN)CC(C)N(C)C1. The van der Waals surface area contributed by atoms with Gasteiger partial charge in [0.25, 0.3) is 0 Å². The minimum absolute atomic E-state index is 0.197. The molecule has 0 aromatic carbocycles. The fourth-order valence-corrected chi connectivity index (χ4v) is 3.24. The third-order valence-electron chi connectivity index (χ3n) is 4.19. The zero-order chi connectivity index (χ0) is 13.9. The Kier molecular flexibility index (Phi) is 5.63. The van der Waals surface area contributed by atoms with E-state index in [2.05, 4.69) is 51.5 Å². The van der Waals surface area contributed by atoms with E-state index in [1.54, 1.807) is 0 Å². The number of hydrogen-bond donors (Lipinski definition) is 1. The van der Waals surface area contributed by atoms with E-state index in [4.69, 9.17) is 5.73 Å². The molecule has 2 unspecified atom stereocenters. The second-order valence-corrected chi connectivity index (χ2v) is 7.09. The van der Waals surface area contributed by atoms with Crippen LogP contribution >= 0.6 is 0 Å². The van der Waals surface area contributed by atoms with Gasteiger partial charge in [0.2, 0.25) is 0 Å². The van der Waals surface area contributed by atoms with Crippen molar-refractivity contribution in [3.8, 4) is 0 Å². The zero-order valence-electron chi connectivity index (χ0n) is 13.2. The number of nitrogens with two attached hydrogens (primary N) is 1. The topological polar surface area (TPSA) is 32.5 Å². The van der Waals surface area contributed by atoms with Gasteiger partial charge in [0.15, 0.2) is 0 Å². The van der Waals surface area contributed by atoms with Crippen LogP contribution in [0.25, 0.3) is 0 Å². The standard InChI is InChI=1S/C15H33N3/c1-12(2)8-18(9-13(3)4)15(10-16)7-14(5)17(6)11-15/h12-14H,7-11,16H2,1-6H3. The van der Waals surface area contributed by atoms with Crippen LogP contribution in [0.5, 0.6) is 0 Å². The van der Waals surface area contributed by atoms with E-state index in [1.165, 1.54) is 6.42 Å². The van der Waals surface area contributed by atoms with Crippen molar-refractivity contribution in [2.45, 2.75) is 52.6 Å². The summed E-state index contributed by atoms with van der Waals surface area (Å²) in [5.41, 5.74) is 6.37. The molecule has 1 aliphatic heterocycles. The van der Waals surface area contributed by atoms with Crippen LogP contribution in [0.4, 0.5) is 0 Å². The van der Waals surface area contributed by atoms with Crippen LogP contribution in [0.2, 0.25) is 0 Å². The van der Waals surface area contributed by atoms with Gasteiger partial charge in [-0.2, -0.15) is 0 Å². The molecule has 0 bridgehead atoms. The minimum atomic E-state index is 0.197. The van der Waals surface area contributed by atoms with Crippen LogP contribution in [-0.4, -0.2) is 54.6 Å². The minimum Gasteiger partial charge on any atom is -0.329 e. The molecule has 1 saturated heterocycles. The van der Waals surface area contributed by atoms with Crippen LogP contribution in [0.3, 0.4) is 0 Å². The normalized spacial score (nSPS) is 30.0. The second kappa shape index (κ2) is 6.36. The first kappa shape index (κ1) is 15.9. The summed E-state index contributed by atoms with van der Waals surface area (Å²) >= 11 is 0. The van der Waals surface area contributed by atoms with E-state index in [1.807, 2.05) is 0 Å². The van der Waals surface area contributed by atoms with Crippen LogP contribution < -0.4 is 5.73 Å². The first-order chi connectivity index (χ1) is 8.30. The second-order valence-electron chi connectivity index (χ2n) is 7.09. The quantitative estimate of drug-likeness (QED) is 0.788. The lowest BCUT2D eigenvalue weighted by Crippen LogP contribution is -2.57. The highest BCUT2D eigenvalue weighted by Gasteiger charge is 2.44. The van der Waals surface area contributed by atoms with E-state index in [-0.39, 0.29) is 5.54 Å². The molecule has 1 fully saturated rings. The maximum atomic E-state index is 6.18. The molecule has 108 valence electrons. The fraction of sp³-hybridized carbons (Fsp3) is 1.00. The number of rotatable bonds is 6. The molecule has 2 atom stereocenters. The molecule has 0 amide bonds. The summed E-state index contributed by atoms with van der Waals surface area (Å²) in [5.74, 6) is 1.40. The number of hydrogen-bond acceptors (Lipinski definition) is 3. The molecule has 0 aromatic heterocycles. The summed E-state index contributed by atoms with van der Waals surface area (Å²) in [6.07, 6.45) is 1.21. The summed E-state index contributed by atoms with van der Waals surface area (Å²) in [6.45, 7) is 15.8. The van der Waals surface area contributed by atoms with Crippen molar-refractivity contribution in [1.82, 2.24) is 9.80 Å². The van der Waals surface area contributed by atoms with Gasteiger partial charge in [-0.15, -0.1) is 0 Å². The molecule has 3 heteroatoms. The van der Waals surface area contributed by atoms with Crippen molar-refractivity contribution in [1.29, 1.82) is 0 Å². The molecule has 0 aromatic rings. The van der Waals surface area contributed by atoms with E-state index in [9.17, 15) is 0 Å². The van der Waals surface area contributed by atoms with Gasteiger partial charge in [-0.1, -0.05) is 27.7 Å². The maximum absolute atomic E-state index is 6.18. The Hall–Kier alpha value is -0.120. The first-order valence-electron chi connectivity index (χ1n) is 7.46. The Morgan fingerprint density at radius 1 is 1.22 bits per heavy atom. The first-order valence-corrected chi connectivity index (χ1v) is 7.46. The molecule has 0 spiro atoms. The van der Waals surface area contributed by atoms with Gasteiger partial charge in [0.05, 0.1) is 0 Å². The highest BCUT2D eigenvalue weighted by atomic mass is 15.3. The Morgan fingerprint density at radius 3 is 2.00 bits per heavy atom. The highest BCUT2D eigenvalue weighted by Crippen LogP contribution is 2.32. The molecule has 1 heterocycles. The van der Waals surface area contributed by atoms with Gasteiger partial charge in [0, 0.05) is 37.8 Å². The number of likely N-dealkylation sites (N-methyl/N-ethyl adjacent to an activating group) is 1. The van der Waals surface area contributed by atoms with Crippen LogP contribution in [0.15, 0.2) is 0 Å². The van der Waals surface area contributed by atoms with Crippen molar-refractivity contribution >= 4 is 0 Å². The molecular formula is C15H33N3. The third kappa shape index (κ3) is 3.69. The van der Waals surface area contributed by atoms with Gasteiger partial charge in [0.1, 0.15) is 0 Å².